The Labute approximate surface area is 227 Å². The second-order valence-corrected chi connectivity index (χ2v) is 12.4. The van der Waals surface area contributed by atoms with Crippen LogP contribution in [0.2, 0.25) is 0 Å². The molecule has 0 spiro atoms. The first-order chi connectivity index (χ1) is 18.6. The Morgan fingerprint density at radius 1 is 1.13 bits per heavy atom. The van der Waals surface area contributed by atoms with E-state index in [2.05, 4.69) is 14.9 Å². The van der Waals surface area contributed by atoms with E-state index in [4.69, 9.17) is 14.5 Å². The Bertz CT molecular complexity index is 1580. The van der Waals surface area contributed by atoms with E-state index < -0.39 is 15.6 Å². The topological polar surface area (TPSA) is 121 Å². The van der Waals surface area contributed by atoms with Gasteiger partial charge in [-0.1, -0.05) is 18.2 Å². The molecular formula is C27H34N6O5S. The van der Waals surface area contributed by atoms with Crippen LogP contribution in [0.15, 0.2) is 53.7 Å². The molecule has 1 aliphatic rings. The van der Waals surface area contributed by atoms with Gasteiger partial charge in [0.15, 0.2) is 5.65 Å². The third-order valence-corrected chi connectivity index (χ3v) is 8.38. The minimum Gasteiger partial charge on any atom is -0.444 e. The zero-order valence-electron chi connectivity index (χ0n) is 22.6. The fourth-order valence-corrected chi connectivity index (χ4v) is 6.25. The van der Waals surface area contributed by atoms with Crippen LogP contribution in [0.25, 0.3) is 22.1 Å². The summed E-state index contributed by atoms with van der Waals surface area (Å²) in [5, 5.41) is 4.05. The monoisotopic (exact) mass is 554 g/mol. The number of amides is 1. The largest absolute Gasteiger partial charge is 0.444 e. The average Bonchev–Trinajstić information content (AvgIpc) is 3.50. The fourth-order valence-electron chi connectivity index (χ4n) is 4.93. The molecule has 1 fully saturated rings. The normalized spacial score (nSPS) is 15.2. The molecule has 0 aliphatic carbocycles. The quantitative estimate of drug-likeness (QED) is 0.337. The van der Waals surface area contributed by atoms with Crippen LogP contribution in [0.1, 0.15) is 39.7 Å². The molecule has 0 saturated carbocycles. The molecular weight excluding hydrogens is 520 g/mol. The molecule has 4 aromatic rings. The van der Waals surface area contributed by atoms with Gasteiger partial charge in [0, 0.05) is 44.4 Å². The van der Waals surface area contributed by atoms with E-state index in [9.17, 15) is 13.2 Å². The lowest BCUT2D eigenvalue weighted by Gasteiger charge is -2.34. The Morgan fingerprint density at radius 2 is 1.85 bits per heavy atom. The lowest BCUT2D eigenvalue weighted by molar-refractivity contribution is 0.0190. The number of pyridine rings is 1. The molecule has 3 aromatic heterocycles. The lowest BCUT2D eigenvalue weighted by Crippen LogP contribution is -2.42. The Hall–Kier alpha value is -3.64. The van der Waals surface area contributed by atoms with E-state index >= 15 is 0 Å². The number of fused-ring (bicyclic) bond motifs is 3. The first-order valence-electron chi connectivity index (χ1n) is 13.0. The summed E-state index contributed by atoms with van der Waals surface area (Å²) in [5.74, 6) is 0.658. The van der Waals surface area contributed by atoms with Crippen molar-refractivity contribution in [2.45, 2.75) is 50.2 Å². The number of hydrogen-bond acceptors (Lipinski definition) is 8. The fraction of sp³-hybridized carbons (Fsp3) is 0.444. The molecule has 0 bridgehead atoms. The molecule has 11 nitrogen and oxygen atoms in total. The van der Waals surface area contributed by atoms with Crippen LogP contribution in [-0.4, -0.2) is 76.9 Å². The third kappa shape index (κ3) is 5.30. The number of hydrogen-bond donors (Lipinski definition) is 1. The highest BCUT2D eigenvalue weighted by molar-refractivity contribution is 7.90. The number of anilines is 1. The average molecular weight is 555 g/mol. The van der Waals surface area contributed by atoms with Crippen molar-refractivity contribution >= 4 is 44.1 Å². The van der Waals surface area contributed by atoms with Gasteiger partial charge in [-0.2, -0.15) is 0 Å². The summed E-state index contributed by atoms with van der Waals surface area (Å²) in [6.07, 6.45) is 4.22. The first kappa shape index (κ1) is 26.9. The standard InChI is InChI=1S/C27H34N6O5S/c1-27(2,3)38-26(34)31-14-10-19(11-15-31)33-23-21-12-16-32(39(35,36)20-8-6-5-7-9-20)24(21)29-18-22(23)30-25(33)28-13-17-37-4/h5-9,12,16,18-19H,10-11,13-15,17H2,1-4H3,(H,28,30). The number of piperidine rings is 1. The van der Waals surface area contributed by atoms with Crippen molar-refractivity contribution in [2.24, 2.45) is 0 Å². The van der Waals surface area contributed by atoms with Gasteiger partial charge < -0.3 is 24.3 Å². The molecule has 1 aliphatic heterocycles. The smallest absolute Gasteiger partial charge is 0.410 e. The number of nitrogens with zero attached hydrogens (tertiary/aromatic N) is 5. The molecule has 12 heteroatoms. The van der Waals surface area contributed by atoms with Crippen molar-refractivity contribution in [1.29, 1.82) is 0 Å². The van der Waals surface area contributed by atoms with Gasteiger partial charge in [-0.3, -0.25) is 0 Å². The Kier molecular flexibility index (Phi) is 7.25. The first-order valence-corrected chi connectivity index (χ1v) is 14.4. The summed E-state index contributed by atoms with van der Waals surface area (Å²) < 4.78 is 41.0. The second-order valence-electron chi connectivity index (χ2n) is 10.6. The van der Waals surface area contributed by atoms with Crippen LogP contribution >= 0.6 is 0 Å². The number of carbonyl (C=O) groups is 1. The molecule has 4 heterocycles. The van der Waals surface area contributed by atoms with Gasteiger partial charge in [0.1, 0.15) is 11.1 Å². The van der Waals surface area contributed by atoms with Crippen LogP contribution in [0.5, 0.6) is 0 Å². The maximum Gasteiger partial charge on any atom is 0.410 e. The molecule has 1 amide bonds. The van der Waals surface area contributed by atoms with Crippen LogP contribution in [0.3, 0.4) is 0 Å². The number of rotatable bonds is 7. The summed E-state index contributed by atoms with van der Waals surface area (Å²) >= 11 is 0. The zero-order chi connectivity index (χ0) is 27.8. The predicted molar refractivity (Wildman–Crippen MR) is 148 cm³/mol. The van der Waals surface area contributed by atoms with Crippen molar-refractivity contribution in [3.8, 4) is 0 Å². The molecule has 0 atom stereocenters. The maximum absolute atomic E-state index is 13.4. The van der Waals surface area contributed by atoms with Crippen molar-refractivity contribution in [3.05, 3.63) is 48.8 Å². The minimum atomic E-state index is -3.84. The van der Waals surface area contributed by atoms with E-state index in [1.165, 1.54) is 3.97 Å². The van der Waals surface area contributed by atoms with Gasteiger partial charge >= 0.3 is 6.09 Å². The van der Waals surface area contributed by atoms with Crippen molar-refractivity contribution in [2.75, 3.05) is 38.7 Å². The Balaban J connectivity index is 1.55. The van der Waals surface area contributed by atoms with Gasteiger partial charge in [-0.05, 0) is 51.8 Å². The number of ether oxygens (including phenoxy) is 2. The molecule has 1 N–H and O–H groups in total. The molecule has 5 rings (SSSR count). The number of methoxy groups -OCH3 is 1. The highest BCUT2D eigenvalue weighted by Crippen LogP contribution is 2.35. The molecule has 0 radical (unpaired) electrons. The highest BCUT2D eigenvalue weighted by atomic mass is 32.2. The molecule has 208 valence electrons. The van der Waals surface area contributed by atoms with Gasteiger partial charge in [0.25, 0.3) is 10.0 Å². The van der Waals surface area contributed by atoms with Gasteiger partial charge in [-0.15, -0.1) is 0 Å². The summed E-state index contributed by atoms with van der Waals surface area (Å²) in [4.78, 5) is 23.9. The highest BCUT2D eigenvalue weighted by Gasteiger charge is 2.31. The van der Waals surface area contributed by atoms with Crippen LogP contribution in [-0.2, 0) is 19.5 Å². The van der Waals surface area contributed by atoms with Gasteiger partial charge in [0.05, 0.1) is 23.2 Å². The van der Waals surface area contributed by atoms with Crippen LogP contribution in [0.4, 0.5) is 10.7 Å². The van der Waals surface area contributed by atoms with Crippen LogP contribution in [0, 0.1) is 0 Å². The van der Waals surface area contributed by atoms with Gasteiger partial charge in [-0.25, -0.2) is 27.2 Å². The van der Waals surface area contributed by atoms with Crippen molar-refractivity contribution in [3.63, 3.8) is 0 Å². The van der Waals surface area contributed by atoms with Gasteiger partial charge in [0.2, 0.25) is 5.95 Å². The van der Waals surface area contributed by atoms with E-state index in [-0.39, 0.29) is 17.0 Å². The van der Waals surface area contributed by atoms with E-state index in [0.717, 1.165) is 5.52 Å². The summed E-state index contributed by atoms with van der Waals surface area (Å²) in [7, 11) is -2.20. The van der Waals surface area contributed by atoms with E-state index in [0.29, 0.717) is 61.6 Å². The van der Waals surface area contributed by atoms with Crippen molar-refractivity contribution in [1.82, 2.24) is 23.4 Å². The predicted octanol–water partition coefficient (Wildman–Crippen LogP) is 4.25. The number of imidazole rings is 1. The van der Waals surface area contributed by atoms with E-state index in [1.54, 1.807) is 60.8 Å². The summed E-state index contributed by atoms with van der Waals surface area (Å²) in [6, 6.07) is 10.1. The molecule has 1 aromatic carbocycles. The zero-order valence-corrected chi connectivity index (χ0v) is 23.4. The lowest BCUT2D eigenvalue weighted by atomic mass is 10.0. The summed E-state index contributed by atoms with van der Waals surface area (Å²) in [6.45, 7) is 7.70. The molecule has 0 unspecified atom stereocenters. The van der Waals surface area contributed by atoms with Crippen LogP contribution < -0.4 is 5.32 Å². The van der Waals surface area contributed by atoms with Crippen molar-refractivity contribution < 1.29 is 22.7 Å². The number of nitrogens with one attached hydrogen (secondary N) is 1. The second kappa shape index (κ2) is 10.5. The maximum atomic E-state index is 13.4. The summed E-state index contributed by atoms with van der Waals surface area (Å²) in [5.41, 5.74) is 1.24. The third-order valence-electron chi connectivity index (χ3n) is 6.70. The SMILES string of the molecule is COCCNc1nc2cnc3c(ccn3S(=O)(=O)c3ccccc3)c2n1C1CCN(C(=O)OC(C)(C)C)CC1. The molecule has 1 saturated heterocycles. The number of aromatic nitrogens is 4. The van der Waals surface area contributed by atoms with E-state index in [1.807, 2.05) is 20.8 Å². The number of benzene rings is 1. The number of carbonyl (C=O) groups excluding carboxylic acids is 1. The Morgan fingerprint density at radius 3 is 2.51 bits per heavy atom. The molecule has 39 heavy (non-hydrogen) atoms. The minimum absolute atomic E-state index is 0.0263. The number of likely N-dealkylation sites (tertiary alicyclic amines) is 1.